The molecule has 0 fully saturated rings. The van der Waals surface area contributed by atoms with Gasteiger partial charge < -0.3 is 4.74 Å². The van der Waals surface area contributed by atoms with Crippen LogP contribution < -0.4 is 4.74 Å². The van der Waals surface area contributed by atoms with E-state index in [2.05, 4.69) is 41.8 Å². The maximum atomic E-state index is 13.4. The predicted molar refractivity (Wildman–Crippen MR) is 63.9 cm³/mol. The summed E-state index contributed by atoms with van der Waals surface area (Å²) in [5.41, 5.74) is 0. The zero-order valence-corrected chi connectivity index (χ0v) is 11.0. The quantitative estimate of drug-likeness (QED) is 0.825. The summed E-state index contributed by atoms with van der Waals surface area (Å²) in [5, 5.41) is 0. The molecule has 0 aliphatic rings. The van der Waals surface area contributed by atoms with Gasteiger partial charge in [-0.25, -0.2) is 14.4 Å². The summed E-state index contributed by atoms with van der Waals surface area (Å²) in [6.07, 6.45) is 2.86. The third kappa shape index (κ3) is 2.56. The lowest BCUT2D eigenvalue weighted by Crippen LogP contribution is -1.92. The first-order chi connectivity index (χ1) is 7.66. The monoisotopic (exact) mass is 346 g/mol. The van der Waals surface area contributed by atoms with Gasteiger partial charge in [0.1, 0.15) is 6.33 Å². The first-order valence-corrected chi connectivity index (χ1v) is 5.84. The van der Waals surface area contributed by atoms with Gasteiger partial charge in [0.2, 0.25) is 5.88 Å². The van der Waals surface area contributed by atoms with E-state index in [4.69, 9.17) is 4.74 Å². The second-order valence-corrected chi connectivity index (χ2v) is 4.62. The van der Waals surface area contributed by atoms with Gasteiger partial charge >= 0.3 is 0 Å². The van der Waals surface area contributed by atoms with Gasteiger partial charge in [-0.2, -0.15) is 0 Å². The molecule has 0 saturated carbocycles. The molecular weight excluding hydrogens is 343 g/mol. The Balaban J connectivity index is 2.34. The first kappa shape index (κ1) is 11.5. The zero-order chi connectivity index (χ0) is 11.5. The smallest absolute Gasteiger partial charge is 0.236 e. The van der Waals surface area contributed by atoms with Crippen LogP contribution in [0.2, 0.25) is 0 Å². The molecule has 1 heterocycles. The summed E-state index contributed by atoms with van der Waals surface area (Å²) in [6, 6.07) is 4.44. The molecule has 1 aromatic carbocycles. The molecule has 2 rings (SSSR count). The average Bonchev–Trinajstić information content (AvgIpc) is 2.27. The third-order valence-electron chi connectivity index (χ3n) is 1.73. The Morgan fingerprint density at radius 2 is 2.06 bits per heavy atom. The predicted octanol–water partition coefficient (Wildman–Crippen LogP) is 3.93. The molecule has 6 heteroatoms. The highest BCUT2D eigenvalue weighted by Crippen LogP contribution is 2.29. The van der Waals surface area contributed by atoms with Crippen molar-refractivity contribution in [3.63, 3.8) is 0 Å². The second kappa shape index (κ2) is 4.88. The number of hydrogen-bond acceptors (Lipinski definition) is 3. The maximum absolute atomic E-state index is 13.4. The van der Waals surface area contributed by atoms with E-state index in [1.807, 2.05) is 0 Å². The van der Waals surface area contributed by atoms with Crippen molar-refractivity contribution >= 4 is 31.9 Å². The van der Waals surface area contributed by atoms with Crippen molar-refractivity contribution in [2.45, 2.75) is 0 Å². The Bertz CT molecular complexity index is 522. The van der Waals surface area contributed by atoms with Crippen molar-refractivity contribution in [2.24, 2.45) is 0 Å². The molecular formula is C10H5Br2FN2O. The lowest BCUT2D eigenvalue weighted by atomic mass is 10.3. The van der Waals surface area contributed by atoms with E-state index < -0.39 is 5.82 Å². The largest absolute Gasteiger partial charge is 0.435 e. The van der Waals surface area contributed by atoms with Crippen LogP contribution in [0.3, 0.4) is 0 Å². The van der Waals surface area contributed by atoms with Crippen LogP contribution >= 0.6 is 31.9 Å². The van der Waals surface area contributed by atoms with Crippen LogP contribution in [0.25, 0.3) is 0 Å². The number of halogens is 3. The van der Waals surface area contributed by atoms with E-state index in [-0.39, 0.29) is 11.6 Å². The molecule has 0 spiro atoms. The minimum absolute atomic E-state index is 0.105. The van der Waals surface area contributed by atoms with Gasteiger partial charge in [-0.15, -0.1) is 0 Å². The van der Waals surface area contributed by atoms with Crippen LogP contribution in [-0.4, -0.2) is 9.97 Å². The Kier molecular flexibility index (Phi) is 3.50. The molecule has 0 amide bonds. The summed E-state index contributed by atoms with van der Waals surface area (Å²) in [7, 11) is 0. The molecule has 0 atom stereocenters. The van der Waals surface area contributed by atoms with Gasteiger partial charge in [-0.05, 0) is 34.1 Å². The van der Waals surface area contributed by atoms with E-state index >= 15 is 0 Å². The van der Waals surface area contributed by atoms with Crippen molar-refractivity contribution in [3.05, 3.63) is 45.5 Å². The maximum Gasteiger partial charge on any atom is 0.236 e. The molecule has 3 nitrogen and oxygen atoms in total. The number of aromatic nitrogens is 2. The normalized spacial score (nSPS) is 10.2. The van der Waals surface area contributed by atoms with Gasteiger partial charge in [0.25, 0.3) is 0 Å². The highest BCUT2D eigenvalue weighted by molar-refractivity contribution is 9.10. The number of hydrogen-bond donors (Lipinski definition) is 0. The standard InChI is InChI=1S/C10H5Br2FN2O/c11-6-1-2-8(13)9(3-6)16-10-7(12)4-14-5-15-10/h1-5H. The molecule has 1 aromatic heterocycles. The van der Waals surface area contributed by atoms with Crippen LogP contribution in [0, 0.1) is 5.82 Å². The molecule has 0 N–H and O–H groups in total. The number of ether oxygens (including phenoxy) is 1. The third-order valence-corrected chi connectivity index (χ3v) is 2.77. The summed E-state index contributed by atoms with van der Waals surface area (Å²) in [6.45, 7) is 0. The molecule has 0 unspecified atom stereocenters. The number of rotatable bonds is 2. The molecule has 82 valence electrons. The summed E-state index contributed by atoms with van der Waals surface area (Å²) in [5.74, 6) is -0.0745. The van der Waals surface area contributed by atoms with Crippen LogP contribution in [0.15, 0.2) is 39.7 Å². The first-order valence-electron chi connectivity index (χ1n) is 4.25. The van der Waals surface area contributed by atoms with Crippen molar-refractivity contribution in [1.29, 1.82) is 0 Å². The molecule has 0 aliphatic heterocycles. The van der Waals surface area contributed by atoms with Gasteiger partial charge in [-0.3, -0.25) is 0 Å². The van der Waals surface area contributed by atoms with E-state index in [1.165, 1.54) is 24.7 Å². The second-order valence-electron chi connectivity index (χ2n) is 2.85. The zero-order valence-electron chi connectivity index (χ0n) is 7.82. The molecule has 0 saturated heterocycles. The highest BCUT2D eigenvalue weighted by Gasteiger charge is 2.08. The SMILES string of the molecule is Fc1ccc(Br)cc1Oc1ncncc1Br. The Morgan fingerprint density at radius 3 is 2.81 bits per heavy atom. The van der Waals surface area contributed by atoms with E-state index in [9.17, 15) is 4.39 Å². The van der Waals surface area contributed by atoms with E-state index in [1.54, 1.807) is 6.07 Å². The fraction of sp³-hybridized carbons (Fsp3) is 0. The topological polar surface area (TPSA) is 35.0 Å². The Morgan fingerprint density at radius 1 is 1.25 bits per heavy atom. The number of nitrogens with zero attached hydrogens (tertiary/aromatic N) is 2. The minimum Gasteiger partial charge on any atom is -0.435 e. The average molecular weight is 348 g/mol. The van der Waals surface area contributed by atoms with Crippen LogP contribution in [0.5, 0.6) is 11.6 Å². The van der Waals surface area contributed by atoms with Crippen molar-refractivity contribution < 1.29 is 9.13 Å². The lowest BCUT2D eigenvalue weighted by Gasteiger charge is -2.06. The summed E-state index contributed by atoms with van der Waals surface area (Å²) in [4.78, 5) is 7.67. The lowest BCUT2D eigenvalue weighted by molar-refractivity contribution is 0.423. The van der Waals surface area contributed by atoms with Crippen LogP contribution in [0.1, 0.15) is 0 Å². The summed E-state index contributed by atoms with van der Waals surface area (Å²) < 4.78 is 20.0. The molecule has 0 radical (unpaired) electrons. The van der Waals surface area contributed by atoms with E-state index in [0.29, 0.717) is 4.47 Å². The van der Waals surface area contributed by atoms with Gasteiger partial charge in [-0.1, -0.05) is 15.9 Å². The molecule has 16 heavy (non-hydrogen) atoms. The van der Waals surface area contributed by atoms with E-state index in [0.717, 1.165) is 4.47 Å². The fourth-order valence-electron chi connectivity index (χ4n) is 1.04. The van der Waals surface area contributed by atoms with Gasteiger partial charge in [0.15, 0.2) is 11.6 Å². The summed E-state index contributed by atoms with van der Waals surface area (Å²) >= 11 is 6.45. The van der Waals surface area contributed by atoms with Crippen LogP contribution in [0.4, 0.5) is 4.39 Å². The van der Waals surface area contributed by atoms with Gasteiger partial charge in [0, 0.05) is 10.7 Å². The highest BCUT2D eigenvalue weighted by atomic mass is 79.9. The Hall–Kier alpha value is -1.01. The number of benzene rings is 1. The van der Waals surface area contributed by atoms with Gasteiger partial charge in [0.05, 0.1) is 4.47 Å². The van der Waals surface area contributed by atoms with Crippen molar-refractivity contribution in [2.75, 3.05) is 0 Å². The van der Waals surface area contributed by atoms with Crippen molar-refractivity contribution in [3.8, 4) is 11.6 Å². The molecule has 0 bridgehead atoms. The fourth-order valence-corrected chi connectivity index (χ4v) is 1.68. The molecule has 2 aromatic rings. The molecule has 0 aliphatic carbocycles. The Labute approximate surface area is 108 Å². The van der Waals surface area contributed by atoms with Crippen molar-refractivity contribution in [1.82, 2.24) is 9.97 Å². The van der Waals surface area contributed by atoms with Crippen LogP contribution in [-0.2, 0) is 0 Å². The minimum atomic E-state index is -0.450.